The highest BCUT2D eigenvalue weighted by atomic mass is 35.5. The molecule has 0 aliphatic carbocycles. The van der Waals surface area contributed by atoms with Crippen molar-refractivity contribution in [2.24, 2.45) is 0 Å². The van der Waals surface area contributed by atoms with E-state index in [9.17, 15) is 0 Å². The summed E-state index contributed by atoms with van der Waals surface area (Å²) in [5.74, 6) is 0. The monoisotopic (exact) mass is 495 g/mol. The molecule has 2 heterocycles. The standard InChI is InChI=1S/C31H31BClNO2/c1-20-15-28(33)21(2)14-27(20)24-16-25(18-26(17-24)32-35-30(3,4)31(5,6)36-32)29-19-23(12-13-34-29)22-10-8-7-9-11-22/h7-19H,1-6H3. The van der Waals surface area contributed by atoms with E-state index < -0.39 is 18.3 Å². The molecule has 0 amide bonds. The van der Waals surface area contributed by atoms with Crippen LogP contribution in [0.2, 0.25) is 5.02 Å². The summed E-state index contributed by atoms with van der Waals surface area (Å²) in [7, 11) is -0.472. The van der Waals surface area contributed by atoms with E-state index in [-0.39, 0.29) is 0 Å². The van der Waals surface area contributed by atoms with Crippen molar-refractivity contribution in [3.05, 3.63) is 95.1 Å². The van der Waals surface area contributed by atoms with Gasteiger partial charge in [0.15, 0.2) is 0 Å². The molecular formula is C31H31BClNO2. The second-order valence-electron chi connectivity index (χ2n) is 10.6. The predicted molar refractivity (Wildman–Crippen MR) is 151 cm³/mol. The summed E-state index contributed by atoms with van der Waals surface area (Å²) in [5.41, 5.74) is 8.71. The van der Waals surface area contributed by atoms with Crippen LogP contribution in [0.4, 0.5) is 0 Å². The third kappa shape index (κ3) is 4.61. The predicted octanol–water partition coefficient (Wildman–Crippen LogP) is 7.65. The van der Waals surface area contributed by atoms with Crippen molar-refractivity contribution >= 4 is 24.2 Å². The highest BCUT2D eigenvalue weighted by Gasteiger charge is 2.51. The lowest BCUT2D eigenvalue weighted by atomic mass is 9.76. The van der Waals surface area contributed by atoms with Crippen molar-refractivity contribution in [1.29, 1.82) is 0 Å². The Hall–Kier alpha value is -2.92. The number of hydrogen-bond donors (Lipinski definition) is 0. The number of nitrogens with zero attached hydrogens (tertiary/aromatic N) is 1. The van der Waals surface area contributed by atoms with Crippen LogP contribution in [-0.4, -0.2) is 23.3 Å². The molecule has 5 heteroatoms. The summed E-state index contributed by atoms with van der Waals surface area (Å²) in [6.07, 6.45) is 1.87. The van der Waals surface area contributed by atoms with E-state index >= 15 is 0 Å². The summed E-state index contributed by atoms with van der Waals surface area (Å²) < 4.78 is 12.9. The molecule has 0 radical (unpaired) electrons. The van der Waals surface area contributed by atoms with E-state index in [1.165, 1.54) is 0 Å². The van der Waals surface area contributed by atoms with Crippen LogP contribution in [0.15, 0.2) is 79.0 Å². The van der Waals surface area contributed by atoms with Crippen LogP contribution in [-0.2, 0) is 9.31 Å². The fraction of sp³-hybridized carbons (Fsp3) is 0.258. The number of halogens is 1. The number of aryl methyl sites for hydroxylation is 2. The number of rotatable bonds is 4. The van der Waals surface area contributed by atoms with Crippen molar-refractivity contribution in [2.75, 3.05) is 0 Å². The molecule has 1 aromatic heterocycles. The fourth-order valence-electron chi connectivity index (χ4n) is 4.56. The minimum Gasteiger partial charge on any atom is -0.399 e. The van der Waals surface area contributed by atoms with Gasteiger partial charge in [-0.15, -0.1) is 0 Å². The quantitative estimate of drug-likeness (QED) is 0.272. The number of hydrogen-bond acceptors (Lipinski definition) is 3. The second-order valence-corrected chi connectivity index (χ2v) is 11.1. The summed E-state index contributed by atoms with van der Waals surface area (Å²) in [6.45, 7) is 12.4. The highest BCUT2D eigenvalue weighted by Crippen LogP contribution is 2.38. The zero-order valence-corrected chi connectivity index (χ0v) is 22.5. The van der Waals surface area contributed by atoms with Gasteiger partial charge in [-0.1, -0.05) is 54.1 Å². The van der Waals surface area contributed by atoms with Gasteiger partial charge < -0.3 is 9.31 Å². The van der Waals surface area contributed by atoms with Crippen molar-refractivity contribution in [3.63, 3.8) is 0 Å². The first-order valence-electron chi connectivity index (χ1n) is 12.3. The van der Waals surface area contributed by atoms with Crippen LogP contribution in [0.5, 0.6) is 0 Å². The Labute approximate surface area is 219 Å². The van der Waals surface area contributed by atoms with E-state index in [4.69, 9.17) is 25.9 Å². The van der Waals surface area contributed by atoms with Crippen LogP contribution in [0.1, 0.15) is 38.8 Å². The summed E-state index contributed by atoms with van der Waals surface area (Å²) >= 11 is 6.42. The maximum absolute atomic E-state index is 6.43. The molecule has 0 bridgehead atoms. The van der Waals surface area contributed by atoms with Crippen LogP contribution >= 0.6 is 11.6 Å². The van der Waals surface area contributed by atoms with Crippen LogP contribution in [0, 0.1) is 13.8 Å². The molecule has 3 aromatic carbocycles. The molecule has 1 saturated heterocycles. The van der Waals surface area contributed by atoms with Crippen molar-refractivity contribution in [2.45, 2.75) is 52.7 Å². The molecule has 0 saturated carbocycles. The van der Waals surface area contributed by atoms with Gasteiger partial charge in [-0.3, -0.25) is 4.98 Å². The van der Waals surface area contributed by atoms with Gasteiger partial charge in [-0.05, 0) is 111 Å². The molecule has 36 heavy (non-hydrogen) atoms. The molecule has 0 unspecified atom stereocenters. The summed E-state index contributed by atoms with van der Waals surface area (Å²) in [5, 5.41) is 0.774. The van der Waals surface area contributed by atoms with Gasteiger partial charge in [-0.25, -0.2) is 0 Å². The maximum atomic E-state index is 6.43. The SMILES string of the molecule is Cc1cc(-c2cc(B3OC(C)(C)C(C)(C)O3)cc(-c3cc(-c4ccccc4)ccn3)c2)c(C)cc1Cl. The lowest BCUT2D eigenvalue weighted by Gasteiger charge is -2.32. The number of aromatic nitrogens is 1. The zero-order chi connectivity index (χ0) is 25.7. The number of benzene rings is 3. The van der Waals surface area contributed by atoms with Gasteiger partial charge in [0.1, 0.15) is 0 Å². The minimum absolute atomic E-state index is 0.425. The first-order chi connectivity index (χ1) is 17.0. The normalized spacial score (nSPS) is 16.4. The van der Waals surface area contributed by atoms with Crippen LogP contribution in [0.25, 0.3) is 33.5 Å². The third-order valence-electron chi connectivity index (χ3n) is 7.46. The molecule has 3 nitrogen and oxygen atoms in total. The molecular weight excluding hydrogens is 465 g/mol. The molecule has 0 atom stereocenters. The molecule has 182 valence electrons. The lowest BCUT2D eigenvalue weighted by Crippen LogP contribution is -2.41. The second kappa shape index (κ2) is 9.19. The maximum Gasteiger partial charge on any atom is 0.494 e. The molecule has 0 spiro atoms. The Morgan fingerprint density at radius 3 is 2.06 bits per heavy atom. The van der Waals surface area contributed by atoms with E-state index in [1.54, 1.807) is 0 Å². The van der Waals surface area contributed by atoms with Gasteiger partial charge in [-0.2, -0.15) is 0 Å². The average Bonchev–Trinajstić information content (AvgIpc) is 3.08. The van der Waals surface area contributed by atoms with E-state index in [1.807, 2.05) is 31.3 Å². The average molecular weight is 496 g/mol. The molecule has 4 aromatic rings. The first-order valence-corrected chi connectivity index (χ1v) is 12.7. The zero-order valence-electron chi connectivity index (χ0n) is 21.7. The molecule has 1 fully saturated rings. The first kappa shape index (κ1) is 24.8. The van der Waals surface area contributed by atoms with Crippen molar-refractivity contribution in [3.8, 4) is 33.5 Å². The largest absolute Gasteiger partial charge is 0.494 e. The van der Waals surface area contributed by atoms with Gasteiger partial charge in [0.05, 0.1) is 16.9 Å². The van der Waals surface area contributed by atoms with Gasteiger partial charge in [0.25, 0.3) is 0 Å². The van der Waals surface area contributed by atoms with Crippen LogP contribution < -0.4 is 5.46 Å². The Bertz CT molecular complexity index is 1420. The Balaban J connectivity index is 1.67. The third-order valence-corrected chi connectivity index (χ3v) is 7.87. The van der Waals surface area contributed by atoms with E-state index in [2.05, 4.69) is 89.2 Å². The van der Waals surface area contributed by atoms with Crippen molar-refractivity contribution in [1.82, 2.24) is 4.98 Å². The van der Waals surface area contributed by atoms with E-state index in [0.29, 0.717) is 0 Å². The van der Waals surface area contributed by atoms with Gasteiger partial charge in [0.2, 0.25) is 0 Å². The molecule has 0 N–H and O–H groups in total. The van der Waals surface area contributed by atoms with Gasteiger partial charge >= 0.3 is 7.12 Å². The Kier molecular flexibility index (Phi) is 6.32. The molecule has 1 aliphatic heterocycles. The Morgan fingerprint density at radius 2 is 1.36 bits per heavy atom. The minimum atomic E-state index is -0.472. The highest BCUT2D eigenvalue weighted by molar-refractivity contribution is 6.62. The van der Waals surface area contributed by atoms with Crippen molar-refractivity contribution < 1.29 is 9.31 Å². The smallest absolute Gasteiger partial charge is 0.399 e. The lowest BCUT2D eigenvalue weighted by molar-refractivity contribution is 0.00578. The Morgan fingerprint density at radius 1 is 0.694 bits per heavy atom. The van der Waals surface area contributed by atoms with Gasteiger partial charge in [0, 0.05) is 16.8 Å². The van der Waals surface area contributed by atoms with Crippen LogP contribution in [0.3, 0.4) is 0 Å². The van der Waals surface area contributed by atoms with E-state index in [0.717, 1.165) is 55.1 Å². The summed E-state index contributed by atoms with van der Waals surface area (Å²) in [4.78, 5) is 4.75. The topological polar surface area (TPSA) is 31.4 Å². The molecule has 1 aliphatic rings. The summed E-state index contributed by atoms with van der Waals surface area (Å²) in [6, 6.07) is 25.2. The fourth-order valence-corrected chi connectivity index (χ4v) is 4.78. The molecule has 5 rings (SSSR count). The number of pyridine rings is 1.